The molecule has 0 saturated heterocycles. The Kier molecular flexibility index (Phi) is 4.02. The van der Waals surface area contributed by atoms with Gasteiger partial charge in [-0.3, -0.25) is 0 Å². The lowest BCUT2D eigenvalue weighted by atomic mass is 9.99. The van der Waals surface area contributed by atoms with E-state index in [1.807, 2.05) is 37.3 Å². The van der Waals surface area contributed by atoms with Gasteiger partial charge in [0.25, 0.3) is 0 Å². The van der Waals surface area contributed by atoms with Crippen molar-refractivity contribution in [3.63, 3.8) is 0 Å². The molecular weight excluding hydrogens is 312 g/mol. The molecule has 2 N–H and O–H groups in total. The standard InChI is InChI=1S/C17H16N2O3S/c1-2-15-16(12-8-10-14(11-9-12)23(18,20)21)17(22-19-15)13-6-4-3-5-7-13/h3-11H,2H2,1H3,(H2,18,20,21). The van der Waals surface area contributed by atoms with Gasteiger partial charge in [0.2, 0.25) is 10.0 Å². The summed E-state index contributed by atoms with van der Waals surface area (Å²) in [5.41, 5.74) is 3.46. The van der Waals surface area contributed by atoms with Gasteiger partial charge in [0.1, 0.15) is 0 Å². The van der Waals surface area contributed by atoms with Gasteiger partial charge in [-0.2, -0.15) is 0 Å². The molecule has 1 heterocycles. The minimum Gasteiger partial charge on any atom is -0.355 e. The molecule has 0 atom stereocenters. The van der Waals surface area contributed by atoms with Crippen LogP contribution in [0.2, 0.25) is 0 Å². The summed E-state index contributed by atoms with van der Waals surface area (Å²) >= 11 is 0. The van der Waals surface area contributed by atoms with Gasteiger partial charge >= 0.3 is 0 Å². The molecule has 0 unspecified atom stereocenters. The van der Waals surface area contributed by atoms with Gasteiger partial charge in [0.05, 0.1) is 16.2 Å². The fourth-order valence-corrected chi connectivity index (χ4v) is 2.98. The van der Waals surface area contributed by atoms with Gasteiger partial charge in [-0.05, 0) is 24.1 Å². The van der Waals surface area contributed by atoms with Crippen LogP contribution in [-0.4, -0.2) is 13.6 Å². The maximum atomic E-state index is 11.4. The average Bonchev–Trinajstić information content (AvgIpc) is 2.99. The first-order valence-electron chi connectivity index (χ1n) is 7.18. The zero-order valence-corrected chi connectivity index (χ0v) is 13.4. The molecular formula is C17H16N2O3S. The second kappa shape index (κ2) is 5.98. The van der Waals surface area contributed by atoms with Crippen LogP contribution in [0.4, 0.5) is 0 Å². The van der Waals surface area contributed by atoms with Crippen molar-refractivity contribution in [1.82, 2.24) is 5.16 Å². The zero-order chi connectivity index (χ0) is 16.4. The first kappa shape index (κ1) is 15.5. The fraction of sp³-hybridized carbons (Fsp3) is 0.118. The molecule has 0 aliphatic heterocycles. The molecule has 0 fully saturated rings. The van der Waals surface area contributed by atoms with Crippen molar-refractivity contribution in [3.05, 3.63) is 60.3 Å². The Morgan fingerprint density at radius 1 is 1.00 bits per heavy atom. The lowest BCUT2D eigenvalue weighted by Gasteiger charge is -2.05. The van der Waals surface area contributed by atoms with Gasteiger partial charge in [-0.25, -0.2) is 13.6 Å². The third-order valence-corrected chi connectivity index (χ3v) is 4.53. The third kappa shape index (κ3) is 3.04. The predicted octanol–water partition coefficient (Wildman–Crippen LogP) is 3.22. The number of primary sulfonamides is 1. The average molecular weight is 328 g/mol. The first-order chi connectivity index (χ1) is 11.0. The van der Waals surface area contributed by atoms with Gasteiger partial charge in [-0.15, -0.1) is 0 Å². The summed E-state index contributed by atoms with van der Waals surface area (Å²) < 4.78 is 28.3. The van der Waals surface area contributed by atoms with Crippen LogP contribution in [0, 0.1) is 0 Å². The Morgan fingerprint density at radius 3 is 2.22 bits per heavy atom. The topological polar surface area (TPSA) is 86.2 Å². The molecule has 0 radical (unpaired) electrons. The van der Waals surface area contributed by atoms with Crippen LogP contribution < -0.4 is 5.14 Å². The van der Waals surface area contributed by atoms with E-state index in [0.717, 1.165) is 22.4 Å². The minimum absolute atomic E-state index is 0.0806. The van der Waals surface area contributed by atoms with Crippen LogP contribution in [0.25, 0.3) is 22.5 Å². The van der Waals surface area contributed by atoms with Crippen molar-refractivity contribution >= 4 is 10.0 Å². The summed E-state index contributed by atoms with van der Waals surface area (Å²) in [4.78, 5) is 0.0806. The third-order valence-electron chi connectivity index (χ3n) is 3.61. The van der Waals surface area contributed by atoms with Crippen molar-refractivity contribution in [1.29, 1.82) is 0 Å². The van der Waals surface area contributed by atoms with E-state index in [-0.39, 0.29) is 4.90 Å². The van der Waals surface area contributed by atoms with Crippen LogP contribution in [0.5, 0.6) is 0 Å². The number of nitrogens with two attached hydrogens (primary N) is 1. The van der Waals surface area contributed by atoms with Gasteiger partial charge < -0.3 is 4.52 Å². The lowest BCUT2D eigenvalue weighted by Crippen LogP contribution is -2.11. The smallest absolute Gasteiger partial charge is 0.238 e. The molecule has 0 saturated carbocycles. The highest BCUT2D eigenvalue weighted by molar-refractivity contribution is 7.89. The molecule has 23 heavy (non-hydrogen) atoms. The molecule has 6 heteroatoms. The number of hydrogen-bond donors (Lipinski definition) is 1. The molecule has 0 bridgehead atoms. The monoisotopic (exact) mass is 328 g/mol. The van der Waals surface area contributed by atoms with Gasteiger partial charge in [0, 0.05) is 5.56 Å². The van der Waals surface area contributed by atoms with Crippen molar-refractivity contribution in [2.75, 3.05) is 0 Å². The molecule has 5 nitrogen and oxygen atoms in total. The van der Waals surface area contributed by atoms with E-state index in [1.165, 1.54) is 12.1 Å². The number of hydrogen-bond acceptors (Lipinski definition) is 4. The maximum absolute atomic E-state index is 11.4. The first-order valence-corrected chi connectivity index (χ1v) is 8.72. The SMILES string of the molecule is CCc1noc(-c2ccccc2)c1-c1ccc(S(N)(=O)=O)cc1. The molecule has 2 aromatic carbocycles. The van der Waals surface area contributed by atoms with E-state index in [0.29, 0.717) is 12.2 Å². The van der Waals surface area contributed by atoms with Crippen molar-refractivity contribution in [2.24, 2.45) is 5.14 Å². The summed E-state index contributed by atoms with van der Waals surface area (Å²) in [5, 5.41) is 9.28. The molecule has 3 aromatic rings. The molecule has 3 rings (SSSR count). The molecule has 0 spiro atoms. The summed E-state index contributed by atoms with van der Waals surface area (Å²) in [5.74, 6) is 0.672. The lowest BCUT2D eigenvalue weighted by molar-refractivity contribution is 0.424. The Morgan fingerprint density at radius 2 is 1.65 bits per heavy atom. The van der Waals surface area contributed by atoms with E-state index in [9.17, 15) is 8.42 Å². The van der Waals surface area contributed by atoms with Crippen LogP contribution in [0.3, 0.4) is 0 Å². The van der Waals surface area contributed by atoms with Crippen molar-refractivity contribution in [3.8, 4) is 22.5 Å². The summed E-state index contributed by atoms with van der Waals surface area (Å²) in [6, 6.07) is 16.1. The molecule has 0 aliphatic rings. The highest BCUT2D eigenvalue weighted by Gasteiger charge is 2.18. The normalized spacial score (nSPS) is 11.6. The van der Waals surface area contributed by atoms with E-state index >= 15 is 0 Å². The number of sulfonamides is 1. The number of aromatic nitrogens is 1. The van der Waals surface area contributed by atoms with Crippen LogP contribution >= 0.6 is 0 Å². The minimum atomic E-state index is -3.71. The number of benzene rings is 2. The molecule has 0 aliphatic carbocycles. The summed E-state index contributed by atoms with van der Waals surface area (Å²) in [7, 11) is -3.71. The zero-order valence-electron chi connectivity index (χ0n) is 12.6. The molecule has 0 amide bonds. The largest absolute Gasteiger partial charge is 0.355 e. The van der Waals surface area contributed by atoms with E-state index in [4.69, 9.17) is 9.66 Å². The Hall–Kier alpha value is -2.44. The quantitative estimate of drug-likeness (QED) is 0.796. The number of rotatable bonds is 4. The molecule has 118 valence electrons. The molecule has 1 aromatic heterocycles. The number of aryl methyl sites for hydroxylation is 1. The Bertz CT molecular complexity index is 914. The van der Waals surface area contributed by atoms with Crippen molar-refractivity contribution < 1.29 is 12.9 Å². The Balaban J connectivity index is 2.14. The second-order valence-corrected chi connectivity index (χ2v) is 6.68. The highest BCUT2D eigenvalue weighted by Crippen LogP contribution is 2.35. The van der Waals surface area contributed by atoms with Crippen LogP contribution in [-0.2, 0) is 16.4 Å². The van der Waals surface area contributed by atoms with E-state index in [2.05, 4.69) is 5.16 Å². The second-order valence-electron chi connectivity index (χ2n) is 5.12. The maximum Gasteiger partial charge on any atom is 0.238 e. The van der Waals surface area contributed by atoms with Gasteiger partial charge in [0.15, 0.2) is 5.76 Å². The van der Waals surface area contributed by atoms with E-state index in [1.54, 1.807) is 12.1 Å². The summed E-state index contributed by atoms with van der Waals surface area (Å²) in [6.07, 6.45) is 0.711. The highest BCUT2D eigenvalue weighted by atomic mass is 32.2. The predicted molar refractivity (Wildman–Crippen MR) is 88.1 cm³/mol. The van der Waals surface area contributed by atoms with Crippen LogP contribution in [0.1, 0.15) is 12.6 Å². The number of nitrogens with zero attached hydrogens (tertiary/aromatic N) is 1. The summed E-state index contributed by atoms with van der Waals surface area (Å²) in [6.45, 7) is 1.99. The van der Waals surface area contributed by atoms with Crippen LogP contribution in [0.15, 0.2) is 64.0 Å². The Labute approximate surface area is 134 Å². The van der Waals surface area contributed by atoms with E-state index < -0.39 is 10.0 Å². The van der Waals surface area contributed by atoms with Crippen molar-refractivity contribution in [2.45, 2.75) is 18.2 Å². The van der Waals surface area contributed by atoms with Gasteiger partial charge in [-0.1, -0.05) is 54.5 Å². The fourth-order valence-electron chi connectivity index (χ4n) is 2.46.